The molecule has 0 spiro atoms. The third-order valence-electron chi connectivity index (χ3n) is 0.428. The molecule has 0 heterocycles. The second kappa shape index (κ2) is 3.29. The summed E-state index contributed by atoms with van der Waals surface area (Å²) in [6.07, 6.45) is -0.948. The van der Waals surface area contributed by atoms with Crippen LogP contribution in [-0.4, -0.2) is 33.6 Å². The summed E-state index contributed by atoms with van der Waals surface area (Å²) in [5.41, 5.74) is 0. The van der Waals surface area contributed by atoms with E-state index in [0.717, 1.165) is 0 Å². The van der Waals surface area contributed by atoms with Crippen LogP contribution < -0.4 is 0 Å². The van der Waals surface area contributed by atoms with E-state index in [9.17, 15) is 0 Å². The Kier molecular flexibility index (Phi) is 3.35. The molecular formula is C2H8O3Si. The highest BCUT2D eigenvalue weighted by atomic mass is 28.2. The zero-order valence-electron chi connectivity index (χ0n) is 3.59. The Morgan fingerprint density at radius 2 is 2.33 bits per heavy atom. The first-order valence-electron chi connectivity index (χ1n) is 1.63. The molecule has 0 aliphatic heterocycles. The first-order valence-corrected chi connectivity index (χ1v) is 2.44. The topological polar surface area (TPSA) is 49.7 Å². The number of hydrogen-bond acceptors (Lipinski definition) is 3. The van der Waals surface area contributed by atoms with E-state index < -0.39 is 6.29 Å². The van der Waals surface area contributed by atoms with Gasteiger partial charge >= 0.3 is 0 Å². The van der Waals surface area contributed by atoms with Gasteiger partial charge in [0.2, 0.25) is 0 Å². The van der Waals surface area contributed by atoms with Crippen LogP contribution >= 0.6 is 0 Å². The van der Waals surface area contributed by atoms with Crippen LogP contribution in [-0.2, 0) is 4.43 Å². The first-order chi connectivity index (χ1) is 2.81. The van der Waals surface area contributed by atoms with Crippen LogP contribution in [0.25, 0.3) is 0 Å². The zero-order valence-corrected chi connectivity index (χ0v) is 5.59. The van der Waals surface area contributed by atoms with E-state index in [1.54, 1.807) is 0 Å². The lowest BCUT2D eigenvalue weighted by Crippen LogP contribution is -2.13. The SMILES string of the molecule is OCC(O)O[SiH3]. The van der Waals surface area contributed by atoms with Gasteiger partial charge in [-0.1, -0.05) is 0 Å². The van der Waals surface area contributed by atoms with Crippen molar-refractivity contribution in [1.82, 2.24) is 0 Å². The fourth-order valence-electron chi connectivity index (χ4n) is 0.0745. The molecule has 38 valence electrons. The molecule has 1 unspecified atom stereocenters. The van der Waals surface area contributed by atoms with Gasteiger partial charge in [-0.15, -0.1) is 0 Å². The van der Waals surface area contributed by atoms with E-state index in [1.807, 2.05) is 0 Å². The maximum Gasteiger partial charge on any atom is 0.167 e. The summed E-state index contributed by atoms with van der Waals surface area (Å²) in [5, 5.41) is 16.2. The standard InChI is InChI=1S/C2H8O3Si/c3-1-2(4)5-6/h2-4H,1H2,6H3. The smallest absolute Gasteiger partial charge is 0.167 e. The molecule has 0 rings (SSSR count). The molecule has 0 aliphatic carbocycles. The van der Waals surface area contributed by atoms with E-state index in [2.05, 4.69) is 4.43 Å². The van der Waals surface area contributed by atoms with Crippen molar-refractivity contribution >= 4 is 10.5 Å². The Bertz CT molecular complexity index is 28.0. The van der Waals surface area contributed by atoms with Crippen molar-refractivity contribution in [3.63, 3.8) is 0 Å². The summed E-state index contributed by atoms with van der Waals surface area (Å²) >= 11 is 0. The Balaban J connectivity index is 2.75. The lowest BCUT2D eigenvalue weighted by molar-refractivity contribution is -0.0504. The Morgan fingerprint density at radius 3 is 2.33 bits per heavy atom. The number of rotatable bonds is 2. The van der Waals surface area contributed by atoms with E-state index in [0.29, 0.717) is 10.5 Å². The van der Waals surface area contributed by atoms with Crippen LogP contribution in [0.3, 0.4) is 0 Å². The quantitative estimate of drug-likeness (QED) is 0.306. The molecule has 0 amide bonds. The monoisotopic (exact) mass is 108 g/mol. The Morgan fingerprint density at radius 1 is 1.83 bits per heavy atom. The van der Waals surface area contributed by atoms with E-state index in [1.165, 1.54) is 0 Å². The highest BCUT2D eigenvalue weighted by Crippen LogP contribution is 1.74. The highest BCUT2D eigenvalue weighted by Gasteiger charge is 1.91. The summed E-state index contributed by atoms with van der Waals surface area (Å²) in [6, 6.07) is 0. The number of aliphatic hydroxyl groups excluding tert-OH is 2. The number of aliphatic hydroxyl groups is 2. The molecule has 0 saturated heterocycles. The maximum absolute atomic E-state index is 8.23. The molecular weight excluding hydrogens is 100 g/mol. The van der Waals surface area contributed by atoms with Crippen molar-refractivity contribution < 1.29 is 14.6 Å². The van der Waals surface area contributed by atoms with Crippen LogP contribution in [0.15, 0.2) is 0 Å². The lowest BCUT2D eigenvalue weighted by atomic mass is 10.7. The molecule has 0 aromatic heterocycles. The third-order valence-corrected chi connectivity index (χ3v) is 0.972. The molecule has 0 saturated carbocycles. The molecule has 2 N–H and O–H groups in total. The molecule has 0 aromatic carbocycles. The predicted octanol–water partition coefficient (Wildman–Crippen LogP) is -2.41. The lowest BCUT2D eigenvalue weighted by Gasteiger charge is -2.00. The Labute approximate surface area is 39.1 Å². The van der Waals surface area contributed by atoms with E-state index in [-0.39, 0.29) is 6.61 Å². The van der Waals surface area contributed by atoms with Gasteiger partial charge in [-0.3, -0.25) is 0 Å². The molecule has 6 heavy (non-hydrogen) atoms. The third kappa shape index (κ3) is 2.34. The van der Waals surface area contributed by atoms with Gasteiger partial charge < -0.3 is 14.6 Å². The minimum atomic E-state index is -0.948. The predicted molar refractivity (Wildman–Crippen MR) is 24.1 cm³/mol. The van der Waals surface area contributed by atoms with Crippen molar-refractivity contribution in [3.8, 4) is 0 Å². The van der Waals surface area contributed by atoms with Gasteiger partial charge in [0, 0.05) is 0 Å². The Hall–Kier alpha value is 0.0969. The van der Waals surface area contributed by atoms with Crippen molar-refractivity contribution in [2.45, 2.75) is 6.29 Å². The summed E-state index contributed by atoms with van der Waals surface area (Å²) in [5.74, 6) is 0. The number of hydrogen-bond donors (Lipinski definition) is 2. The average molecular weight is 108 g/mol. The van der Waals surface area contributed by atoms with Crippen LogP contribution in [0.1, 0.15) is 0 Å². The normalized spacial score (nSPS) is 15.0. The van der Waals surface area contributed by atoms with Gasteiger partial charge in [-0.2, -0.15) is 0 Å². The van der Waals surface area contributed by atoms with Gasteiger partial charge in [-0.25, -0.2) is 0 Å². The molecule has 0 bridgehead atoms. The van der Waals surface area contributed by atoms with Crippen molar-refractivity contribution in [3.05, 3.63) is 0 Å². The van der Waals surface area contributed by atoms with Crippen molar-refractivity contribution in [1.29, 1.82) is 0 Å². The minimum absolute atomic E-state index is 0.302. The highest BCUT2D eigenvalue weighted by molar-refractivity contribution is 5.98. The fraction of sp³-hybridized carbons (Fsp3) is 1.00. The fourth-order valence-corrected chi connectivity index (χ4v) is 0.224. The summed E-state index contributed by atoms with van der Waals surface area (Å²) in [4.78, 5) is 0. The molecule has 0 radical (unpaired) electrons. The van der Waals surface area contributed by atoms with E-state index in [4.69, 9.17) is 10.2 Å². The maximum atomic E-state index is 8.23. The second-order valence-corrected chi connectivity index (χ2v) is 1.34. The summed E-state index contributed by atoms with van der Waals surface area (Å²) < 4.78 is 4.34. The van der Waals surface area contributed by atoms with Gasteiger partial charge in [-0.05, 0) is 0 Å². The summed E-state index contributed by atoms with van der Waals surface area (Å²) in [6.45, 7) is -0.302. The second-order valence-electron chi connectivity index (χ2n) is 0.873. The van der Waals surface area contributed by atoms with Crippen LogP contribution in [0.4, 0.5) is 0 Å². The van der Waals surface area contributed by atoms with Crippen LogP contribution in [0.5, 0.6) is 0 Å². The van der Waals surface area contributed by atoms with Gasteiger partial charge in [0.1, 0.15) is 10.5 Å². The van der Waals surface area contributed by atoms with Gasteiger partial charge in [0.15, 0.2) is 6.29 Å². The van der Waals surface area contributed by atoms with Crippen LogP contribution in [0, 0.1) is 0 Å². The van der Waals surface area contributed by atoms with Gasteiger partial charge in [0.25, 0.3) is 0 Å². The first kappa shape index (κ1) is 6.10. The molecule has 1 atom stereocenters. The van der Waals surface area contributed by atoms with Crippen molar-refractivity contribution in [2.75, 3.05) is 6.61 Å². The summed E-state index contributed by atoms with van der Waals surface area (Å²) in [7, 11) is 0.472. The molecule has 0 aromatic rings. The molecule has 3 nitrogen and oxygen atoms in total. The van der Waals surface area contributed by atoms with Crippen LogP contribution in [0.2, 0.25) is 0 Å². The largest absolute Gasteiger partial charge is 0.402 e. The minimum Gasteiger partial charge on any atom is -0.402 e. The zero-order chi connectivity index (χ0) is 4.99. The molecule has 0 fully saturated rings. The van der Waals surface area contributed by atoms with Crippen molar-refractivity contribution in [2.24, 2.45) is 0 Å². The molecule has 0 aliphatic rings. The van der Waals surface area contributed by atoms with E-state index >= 15 is 0 Å². The molecule has 4 heteroatoms. The average Bonchev–Trinajstić information content (AvgIpc) is 1.65. The van der Waals surface area contributed by atoms with Gasteiger partial charge in [0.05, 0.1) is 6.61 Å².